The van der Waals surface area contributed by atoms with Crippen molar-refractivity contribution in [3.05, 3.63) is 40.5 Å². The van der Waals surface area contributed by atoms with Gasteiger partial charge in [0, 0.05) is 5.02 Å². The first kappa shape index (κ1) is 14.8. The van der Waals surface area contributed by atoms with Crippen molar-refractivity contribution in [3.8, 4) is 5.95 Å². The molecule has 0 atom stereocenters. The maximum Gasteiger partial charge on any atom is 0.247 e. The lowest BCUT2D eigenvalue weighted by Gasteiger charge is -2.05. The molecular weight excluding hydrogens is 278 g/mol. The van der Waals surface area contributed by atoms with Crippen LogP contribution in [0.15, 0.2) is 28.8 Å². The number of hydrogen-bond donors (Lipinski definition) is 1. The Hall–Kier alpha value is -1.59. The van der Waals surface area contributed by atoms with E-state index in [2.05, 4.69) is 15.1 Å². The number of nitrogens with zero attached hydrogens (tertiary/aromatic N) is 2. The molecule has 0 fully saturated rings. The topological polar surface area (TPSA) is 65.0 Å². The highest BCUT2D eigenvalue weighted by atomic mass is 35.5. The predicted octanol–water partition coefficient (Wildman–Crippen LogP) is 1.60. The van der Waals surface area contributed by atoms with Crippen molar-refractivity contribution < 1.29 is 14.3 Å². The highest BCUT2D eigenvalue weighted by molar-refractivity contribution is 6.30. The molecule has 0 aliphatic rings. The Kier molecular flexibility index (Phi) is 4.98. The molecule has 0 bridgehead atoms. The molecule has 2 aromatic rings. The molecule has 2 rings (SSSR count). The van der Waals surface area contributed by atoms with Crippen LogP contribution in [0.1, 0.15) is 31.1 Å². The van der Waals surface area contributed by atoms with Gasteiger partial charge < -0.3 is 14.9 Å². The van der Waals surface area contributed by atoms with Crippen LogP contribution in [0.25, 0.3) is 0 Å². The molecule has 1 aromatic carbocycles. The lowest BCUT2D eigenvalue weighted by molar-refractivity contribution is -0.785. The van der Waals surface area contributed by atoms with Crippen molar-refractivity contribution in [2.75, 3.05) is 6.54 Å². The van der Waals surface area contributed by atoms with Gasteiger partial charge in [0.25, 0.3) is 0 Å². The average molecular weight is 296 g/mol. The molecule has 1 N–H and O–H groups in total. The largest absolute Gasteiger partial charge is 0.539 e. The quantitative estimate of drug-likeness (QED) is 0.649. The van der Waals surface area contributed by atoms with Crippen LogP contribution in [0, 0.1) is 0 Å². The fraction of sp³-hybridized carbons (Fsp3) is 0.429. The van der Waals surface area contributed by atoms with Crippen LogP contribution in [0.3, 0.4) is 0 Å². The summed E-state index contributed by atoms with van der Waals surface area (Å²) in [6.07, 6.45) is 0.849. The Labute approximate surface area is 123 Å². The lowest BCUT2D eigenvalue weighted by atomic mass is 10.1. The van der Waals surface area contributed by atoms with E-state index < -0.39 is 0 Å². The Morgan fingerprint density at radius 1 is 1.45 bits per heavy atom. The van der Waals surface area contributed by atoms with Crippen LogP contribution in [0.4, 0.5) is 0 Å². The van der Waals surface area contributed by atoms with Gasteiger partial charge in [-0.2, -0.15) is 0 Å². The number of halogens is 1. The summed E-state index contributed by atoms with van der Waals surface area (Å²) in [5, 5.41) is 19.2. The minimum absolute atomic E-state index is 0.103. The molecule has 0 amide bonds. The Bertz CT molecular complexity index is 569. The third kappa shape index (κ3) is 3.71. The van der Waals surface area contributed by atoms with Gasteiger partial charge in [-0.25, -0.2) is 0 Å². The van der Waals surface area contributed by atoms with Gasteiger partial charge in [0.1, 0.15) is 0 Å². The second-order valence-electron chi connectivity index (χ2n) is 4.90. The Balaban J connectivity index is 1.86. The van der Waals surface area contributed by atoms with Gasteiger partial charge in [-0.05, 0) is 44.5 Å². The average Bonchev–Trinajstić information content (AvgIpc) is 2.76. The maximum absolute atomic E-state index is 11.5. The van der Waals surface area contributed by atoms with E-state index in [1.54, 1.807) is 4.68 Å². The first-order valence-electron chi connectivity index (χ1n) is 6.60. The molecule has 0 radical (unpaired) electrons. The third-order valence-electron chi connectivity index (χ3n) is 2.98. The van der Waals surface area contributed by atoms with Crippen LogP contribution in [-0.2, 0) is 13.0 Å². The van der Waals surface area contributed by atoms with E-state index in [9.17, 15) is 5.11 Å². The molecule has 0 spiro atoms. The van der Waals surface area contributed by atoms with Gasteiger partial charge >= 0.3 is 0 Å². The summed E-state index contributed by atoms with van der Waals surface area (Å²) in [5.74, 6) is -0.381. The number of hydrogen-bond acceptors (Lipinski definition) is 4. The van der Waals surface area contributed by atoms with Crippen LogP contribution < -0.4 is 15.1 Å². The molecule has 0 aliphatic heterocycles. The van der Waals surface area contributed by atoms with E-state index >= 15 is 0 Å². The number of rotatable bonds is 6. The summed E-state index contributed by atoms with van der Waals surface area (Å²) in [7, 11) is 0. The standard InChI is InChI=1S/C14H18ClN3O2/c1-10(2)18-13(14(19)20-17-18)9-16-7-6-11-4-3-5-12(15)8-11/h3-5,8,10,16H,6-7,9H2,1-2H3. The molecular formula is C14H18ClN3O2. The number of benzene rings is 1. The summed E-state index contributed by atoms with van der Waals surface area (Å²) in [6.45, 7) is 5.11. The number of nitrogens with one attached hydrogen (secondary N) is 1. The molecule has 1 aromatic heterocycles. The first-order chi connectivity index (χ1) is 9.58. The minimum Gasteiger partial charge on any atom is -0.539 e. The fourth-order valence-electron chi connectivity index (χ4n) is 1.97. The van der Waals surface area contributed by atoms with Crippen LogP contribution in [0.5, 0.6) is 5.95 Å². The van der Waals surface area contributed by atoms with Crippen molar-refractivity contribution in [2.24, 2.45) is 0 Å². The van der Waals surface area contributed by atoms with E-state index in [0.717, 1.165) is 23.6 Å². The second kappa shape index (κ2) is 6.72. The summed E-state index contributed by atoms with van der Waals surface area (Å²) in [5.41, 5.74) is 1.71. The summed E-state index contributed by atoms with van der Waals surface area (Å²) >= 11 is 5.93. The zero-order valence-electron chi connectivity index (χ0n) is 11.6. The van der Waals surface area contributed by atoms with Gasteiger partial charge in [-0.15, -0.1) is 0 Å². The molecule has 5 nitrogen and oxygen atoms in total. The summed E-state index contributed by atoms with van der Waals surface area (Å²) in [6, 6.07) is 7.85. The monoisotopic (exact) mass is 295 g/mol. The highest BCUT2D eigenvalue weighted by Gasteiger charge is 2.19. The van der Waals surface area contributed by atoms with Gasteiger partial charge in [0.2, 0.25) is 5.69 Å². The zero-order valence-corrected chi connectivity index (χ0v) is 12.4. The molecule has 108 valence electrons. The smallest absolute Gasteiger partial charge is 0.247 e. The predicted molar refractivity (Wildman–Crippen MR) is 73.4 cm³/mol. The van der Waals surface area contributed by atoms with E-state index in [1.165, 1.54) is 0 Å². The molecule has 20 heavy (non-hydrogen) atoms. The van der Waals surface area contributed by atoms with Gasteiger partial charge in [-0.1, -0.05) is 28.4 Å². The highest BCUT2D eigenvalue weighted by Crippen LogP contribution is 2.11. The van der Waals surface area contributed by atoms with E-state index in [0.29, 0.717) is 12.2 Å². The molecule has 0 aliphatic carbocycles. The van der Waals surface area contributed by atoms with E-state index in [4.69, 9.17) is 11.6 Å². The Morgan fingerprint density at radius 3 is 2.95 bits per heavy atom. The van der Waals surface area contributed by atoms with Gasteiger partial charge in [-0.3, -0.25) is 0 Å². The second-order valence-corrected chi connectivity index (χ2v) is 5.34. The molecule has 0 unspecified atom stereocenters. The van der Waals surface area contributed by atoms with Gasteiger partial charge in [0.15, 0.2) is 12.0 Å². The van der Waals surface area contributed by atoms with Crippen molar-refractivity contribution >= 4 is 11.6 Å². The lowest BCUT2D eigenvalue weighted by Crippen LogP contribution is -2.43. The van der Waals surface area contributed by atoms with E-state index in [-0.39, 0.29) is 12.0 Å². The van der Waals surface area contributed by atoms with Crippen molar-refractivity contribution in [1.82, 2.24) is 10.6 Å². The number of aromatic nitrogens is 2. The maximum atomic E-state index is 11.5. The Morgan fingerprint density at radius 2 is 2.25 bits per heavy atom. The molecule has 6 heteroatoms. The summed E-state index contributed by atoms with van der Waals surface area (Å²) < 4.78 is 6.29. The molecule has 0 saturated heterocycles. The fourth-order valence-corrected chi connectivity index (χ4v) is 2.18. The van der Waals surface area contributed by atoms with Gasteiger partial charge in [0.05, 0.1) is 11.8 Å². The van der Waals surface area contributed by atoms with Crippen molar-refractivity contribution in [2.45, 2.75) is 32.9 Å². The molecule has 0 saturated carbocycles. The summed E-state index contributed by atoms with van der Waals surface area (Å²) in [4.78, 5) is 0. The SMILES string of the molecule is CC(C)[n+]1noc([O-])c1CNCCc1cccc(Cl)c1. The van der Waals surface area contributed by atoms with Crippen LogP contribution >= 0.6 is 11.6 Å². The molecule has 1 heterocycles. The zero-order chi connectivity index (χ0) is 14.5. The van der Waals surface area contributed by atoms with Crippen LogP contribution in [-0.4, -0.2) is 11.8 Å². The van der Waals surface area contributed by atoms with Crippen molar-refractivity contribution in [3.63, 3.8) is 0 Å². The normalized spacial score (nSPS) is 11.2. The third-order valence-corrected chi connectivity index (χ3v) is 3.22. The van der Waals surface area contributed by atoms with Crippen LogP contribution in [0.2, 0.25) is 5.02 Å². The van der Waals surface area contributed by atoms with E-state index in [1.807, 2.05) is 38.1 Å². The van der Waals surface area contributed by atoms with Crippen molar-refractivity contribution in [1.29, 1.82) is 0 Å². The first-order valence-corrected chi connectivity index (χ1v) is 6.98. The minimum atomic E-state index is -0.381.